The molecule has 0 spiro atoms. The van der Waals surface area contributed by atoms with E-state index in [9.17, 15) is 9.59 Å². The van der Waals surface area contributed by atoms with Crippen molar-refractivity contribution >= 4 is 27.5 Å². The number of hydrogen-bond donors (Lipinski definition) is 1. The van der Waals surface area contributed by atoms with Gasteiger partial charge in [0.05, 0.1) is 11.7 Å². The quantitative estimate of drug-likeness (QED) is 0.754. The Labute approximate surface area is 155 Å². The third-order valence-corrected chi connectivity index (χ3v) is 6.45. The predicted octanol–water partition coefficient (Wildman–Crippen LogP) is 2.92. The highest BCUT2D eigenvalue weighted by Gasteiger charge is 2.44. The summed E-state index contributed by atoms with van der Waals surface area (Å²) >= 11 is 1.52. The molecule has 0 radical (unpaired) electrons. The number of hydrogen-bond acceptors (Lipinski definition) is 4. The molecule has 1 aliphatic rings. The van der Waals surface area contributed by atoms with Crippen LogP contribution in [0.15, 0.2) is 41.5 Å². The summed E-state index contributed by atoms with van der Waals surface area (Å²) in [5.74, 6) is -0.153. The molecular formula is C20H21N3O2S. The van der Waals surface area contributed by atoms with Gasteiger partial charge in [-0.25, -0.2) is 4.98 Å². The van der Waals surface area contributed by atoms with Gasteiger partial charge < -0.3 is 5.32 Å². The van der Waals surface area contributed by atoms with Gasteiger partial charge in [-0.3, -0.25) is 14.2 Å². The second kappa shape index (κ2) is 6.36. The number of carbonyl (C=O) groups excluding carboxylic acids is 1. The molecule has 0 unspecified atom stereocenters. The highest BCUT2D eigenvalue weighted by molar-refractivity contribution is 7.18. The maximum atomic E-state index is 12.7. The molecule has 0 bridgehead atoms. The maximum Gasteiger partial charge on any atom is 0.262 e. The minimum atomic E-state index is -0.153. The molecule has 1 saturated carbocycles. The normalized spacial score (nSPS) is 15.2. The first-order chi connectivity index (χ1) is 12.5. The number of rotatable bonds is 5. The third-order valence-electron chi connectivity index (χ3n) is 5.33. The zero-order valence-corrected chi connectivity index (χ0v) is 15.7. The van der Waals surface area contributed by atoms with Crippen LogP contribution in [0.5, 0.6) is 0 Å². The van der Waals surface area contributed by atoms with Gasteiger partial charge in [0, 0.05) is 16.8 Å². The Bertz CT molecular complexity index is 1030. The molecule has 1 aromatic carbocycles. The molecule has 4 rings (SSSR count). The molecule has 6 heteroatoms. The van der Waals surface area contributed by atoms with Gasteiger partial charge in [0.15, 0.2) is 0 Å². The molecule has 2 aromatic heterocycles. The average molecular weight is 367 g/mol. The van der Waals surface area contributed by atoms with Gasteiger partial charge in [-0.2, -0.15) is 0 Å². The van der Waals surface area contributed by atoms with Crippen molar-refractivity contribution in [2.45, 2.75) is 38.6 Å². The molecule has 1 aliphatic carbocycles. The van der Waals surface area contributed by atoms with E-state index in [1.165, 1.54) is 27.8 Å². The average Bonchev–Trinajstić information content (AvgIpc) is 3.38. The number of aromatic nitrogens is 2. The summed E-state index contributed by atoms with van der Waals surface area (Å²) in [6.45, 7) is 4.52. The molecule has 0 atom stereocenters. The Kier molecular flexibility index (Phi) is 4.15. The third kappa shape index (κ3) is 2.94. The van der Waals surface area contributed by atoms with E-state index in [1.807, 2.05) is 32.0 Å². The van der Waals surface area contributed by atoms with E-state index in [0.717, 1.165) is 28.1 Å². The van der Waals surface area contributed by atoms with Crippen molar-refractivity contribution in [1.29, 1.82) is 0 Å². The van der Waals surface area contributed by atoms with Crippen LogP contribution in [0.2, 0.25) is 0 Å². The molecular weight excluding hydrogens is 346 g/mol. The van der Waals surface area contributed by atoms with E-state index < -0.39 is 0 Å². The van der Waals surface area contributed by atoms with Gasteiger partial charge in [0.25, 0.3) is 5.56 Å². The van der Waals surface area contributed by atoms with Crippen molar-refractivity contribution in [2.24, 2.45) is 0 Å². The molecule has 1 fully saturated rings. The van der Waals surface area contributed by atoms with E-state index in [-0.39, 0.29) is 23.4 Å². The van der Waals surface area contributed by atoms with Gasteiger partial charge in [-0.1, -0.05) is 30.3 Å². The fraction of sp³-hybridized carbons (Fsp3) is 0.350. The fourth-order valence-corrected chi connectivity index (χ4v) is 4.36. The molecule has 0 aliphatic heterocycles. The van der Waals surface area contributed by atoms with Crippen LogP contribution in [0.25, 0.3) is 10.2 Å². The summed E-state index contributed by atoms with van der Waals surface area (Å²) in [5, 5.41) is 3.63. The summed E-state index contributed by atoms with van der Waals surface area (Å²) < 4.78 is 1.40. The highest BCUT2D eigenvalue weighted by Crippen LogP contribution is 2.47. The van der Waals surface area contributed by atoms with Crippen LogP contribution in [0.4, 0.5) is 0 Å². The summed E-state index contributed by atoms with van der Waals surface area (Å²) in [4.78, 5) is 31.3. The Hall–Kier alpha value is -2.47. The number of carbonyl (C=O) groups is 1. The summed E-state index contributed by atoms with van der Waals surface area (Å²) in [5.41, 5.74) is 2.14. The Morgan fingerprint density at radius 2 is 2.00 bits per heavy atom. The molecule has 1 amide bonds. The SMILES string of the molecule is Cc1sc2ncn(CC(=O)NCC3(c4ccccc4)CC3)c(=O)c2c1C. The number of thiophene rings is 1. The Balaban J connectivity index is 1.47. The number of fused-ring (bicyclic) bond motifs is 1. The number of aryl methyl sites for hydroxylation is 2. The number of amides is 1. The second-order valence-corrected chi connectivity index (χ2v) is 8.27. The van der Waals surface area contributed by atoms with E-state index in [4.69, 9.17) is 0 Å². The number of nitrogens with zero attached hydrogens (tertiary/aromatic N) is 2. The van der Waals surface area contributed by atoms with Crippen molar-refractivity contribution in [3.63, 3.8) is 0 Å². The number of benzene rings is 1. The van der Waals surface area contributed by atoms with Crippen LogP contribution < -0.4 is 10.9 Å². The molecule has 134 valence electrons. The Morgan fingerprint density at radius 1 is 1.27 bits per heavy atom. The van der Waals surface area contributed by atoms with Crippen molar-refractivity contribution in [3.05, 3.63) is 63.0 Å². The molecule has 3 aromatic rings. The lowest BCUT2D eigenvalue weighted by Crippen LogP contribution is -2.36. The monoisotopic (exact) mass is 367 g/mol. The first-order valence-corrected chi connectivity index (χ1v) is 9.59. The maximum absolute atomic E-state index is 12.7. The lowest BCUT2D eigenvalue weighted by Gasteiger charge is -2.16. The minimum Gasteiger partial charge on any atom is -0.354 e. The van der Waals surface area contributed by atoms with Crippen molar-refractivity contribution in [3.8, 4) is 0 Å². The highest BCUT2D eigenvalue weighted by atomic mass is 32.1. The van der Waals surface area contributed by atoms with Crippen LogP contribution in [-0.2, 0) is 16.8 Å². The molecule has 26 heavy (non-hydrogen) atoms. The lowest BCUT2D eigenvalue weighted by atomic mass is 9.96. The van der Waals surface area contributed by atoms with Crippen molar-refractivity contribution in [2.75, 3.05) is 6.54 Å². The summed E-state index contributed by atoms with van der Waals surface area (Å²) in [7, 11) is 0. The summed E-state index contributed by atoms with van der Waals surface area (Å²) in [6.07, 6.45) is 3.64. The Morgan fingerprint density at radius 3 is 2.69 bits per heavy atom. The molecule has 1 N–H and O–H groups in total. The van der Waals surface area contributed by atoms with E-state index >= 15 is 0 Å². The standard InChI is InChI=1S/C20H21N3O2S/c1-13-14(2)26-18-17(13)19(25)23(12-22-18)10-16(24)21-11-20(8-9-20)15-6-4-3-5-7-15/h3-7,12H,8-11H2,1-2H3,(H,21,24). The minimum absolute atomic E-state index is 0.000970. The number of nitrogens with one attached hydrogen (secondary N) is 1. The van der Waals surface area contributed by atoms with E-state index in [1.54, 1.807) is 0 Å². The van der Waals surface area contributed by atoms with Crippen LogP contribution >= 0.6 is 11.3 Å². The van der Waals surface area contributed by atoms with E-state index in [0.29, 0.717) is 11.9 Å². The zero-order chi connectivity index (χ0) is 18.3. The van der Waals surface area contributed by atoms with Crippen molar-refractivity contribution in [1.82, 2.24) is 14.9 Å². The smallest absolute Gasteiger partial charge is 0.262 e. The van der Waals surface area contributed by atoms with Gasteiger partial charge in [-0.15, -0.1) is 11.3 Å². The van der Waals surface area contributed by atoms with Gasteiger partial charge in [-0.05, 0) is 37.8 Å². The first kappa shape index (κ1) is 17.0. The zero-order valence-electron chi connectivity index (χ0n) is 14.9. The molecule has 0 saturated heterocycles. The molecule has 5 nitrogen and oxygen atoms in total. The van der Waals surface area contributed by atoms with Crippen molar-refractivity contribution < 1.29 is 4.79 Å². The lowest BCUT2D eigenvalue weighted by molar-refractivity contribution is -0.121. The van der Waals surface area contributed by atoms with Gasteiger partial charge in [0.2, 0.25) is 5.91 Å². The van der Waals surface area contributed by atoms with Crippen LogP contribution in [0.1, 0.15) is 28.8 Å². The van der Waals surface area contributed by atoms with E-state index in [2.05, 4.69) is 22.4 Å². The topological polar surface area (TPSA) is 64.0 Å². The fourth-order valence-electron chi connectivity index (χ4n) is 3.37. The van der Waals surface area contributed by atoms with Gasteiger partial charge in [0.1, 0.15) is 11.4 Å². The summed E-state index contributed by atoms with van der Waals surface area (Å²) in [6, 6.07) is 10.3. The van der Waals surface area contributed by atoms with Crippen LogP contribution in [0.3, 0.4) is 0 Å². The predicted molar refractivity (Wildman–Crippen MR) is 104 cm³/mol. The van der Waals surface area contributed by atoms with Crippen LogP contribution in [-0.4, -0.2) is 22.0 Å². The van der Waals surface area contributed by atoms with Gasteiger partial charge >= 0.3 is 0 Å². The second-order valence-electron chi connectivity index (χ2n) is 7.06. The van der Waals surface area contributed by atoms with Crippen LogP contribution in [0, 0.1) is 13.8 Å². The molecule has 2 heterocycles. The first-order valence-electron chi connectivity index (χ1n) is 8.77. The largest absolute Gasteiger partial charge is 0.354 e.